The monoisotopic (exact) mass is 365 g/mol. The molecule has 0 aliphatic rings. The highest BCUT2D eigenvalue weighted by Crippen LogP contribution is 2.31. The van der Waals surface area contributed by atoms with E-state index in [1.807, 2.05) is 12.1 Å². The van der Waals surface area contributed by atoms with Gasteiger partial charge in [0.15, 0.2) is 0 Å². The highest BCUT2D eigenvalue weighted by atomic mass is 79.9. The largest absolute Gasteiger partial charge is 0.306 e. The summed E-state index contributed by atoms with van der Waals surface area (Å²) in [6.07, 6.45) is 2.31. The minimum Gasteiger partial charge on any atom is -0.306 e. The molecule has 21 heavy (non-hydrogen) atoms. The minimum absolute atomic E-state index is 0.178. The predicted octanol–water partition coefficient (Wildman–Crippen LogP) is 5.75. The quantitative estimate of drug-likeness (QED) is 0.686. The SMILES string of the molecule is CCCc1ccc(C(NCC)c2ccc(Cl)cc2Br)cc1. The van der Waals surface area contributed by atoms with Crippen molar-refractivity contribution in [1.82, 2.24) is 5.32 Å². The van der Waals surface area contributed by atoms with E-state index >= 15 is 0 Å². The van der Waals surface area contributed by atoms with Crippen LogP contribution in [-0.2, 0) is 6.42 Å². The van der Waals surface area contributed by atoms with Crippen LogP contribution in [0.25, 0.3) is 0 Å². The van der Waals surface area contributed by atoms with Crippen molar-refractivity contribution in [2.45, 2.75) is 32.7 Å². The molecule has 1 nitrogen and oxygen atoms in total. The average molecular weight is 367 g/mol. The molecule has 0 amide bonds. The zero-order chi connectivity index (χ0) is 15.2. The van der Waals surface area contributed by atoms with Crippen LogP contribution in [-0.4, -0.2) is 6.54 Å². The van der Waals surface area contributed by atoms with Crippen molar-refractivity contribution in [3.63, 3.8) is 0 Å². The lowest BCUT2D eigenvalue weighted by atomic mass is 9.97. The van der Waals surface area contributed by atoms with Crippen molar-refractivity contribution in [2.75, 3.05) is 6.54 Å². The van der Waals surface area contributed by atoms with Crippen LogP contribution in [0, 0.1) is 0 Å². The van der Waals surface area contributed by atoms with Gasteiger partial charge in [0, 0.05) is 9.50 Å². The zero-order valence-electron chi connectivity index (χ0n) is 12.5. The standard InChI is InChI=1S/C18H21BrClN/c1-3-5-13-6-8-14(9-7-13)18(21-4-2)16-11-10-15(20)12-17(16)19/h6-12,18,21H,3-5H2,1-2H3. The highest BCUT2D eigenvalue weighted by molar-refractivity contribution is 9.10. The van der Waals surface area contributed by atoms with Gasteiger partial charge in [-0.25, -0.2) is 0 Å². The van der Waals surface area contributed by atoms with Crippen molar-refractivity contribution >= 4 is 27.5 Å². The van der Waals surface area contributed by atoms with E-state index in [0.717, 1.165) is 22.5 Å². The van der Waals surface area contributed by atoms with Crippen molar-refractivity contribution < 1.29 is 0 Å². The van der Waals surface area contributed by atoms with Gasteiger partial charge in [0.2, 0.25) is 0 Å². The van der Waals surface area contributed by atoms with Gasteiger partial charge in [-0.3, -0.25) is 0 Å². The molecule has 0 fully saturated rings. The molecule has 0 aromatic heterocycles. The number of halogens is 2. The van der Waals surface area contributed by atoms with Gasteiger partial charge in [0.25, 0.3) is 0 Å². The van der Waals surface area contributed by atoms with E-state index in [1.54, 1.807) is 0 Å². The molecular weight excluding hydrogens is 346 g/mol. The van der Waals surface area contributed by atoms with Gasteiger partial charge < -0.3 is 5.32 Å². The molecule has 0 spiro atoms. The molecule has 0 aliphatic heterocycles. The topological polar surface area (TPSA) is 12.0 Å². The third-order valence-corrected chi connectivity index (χ3v) is 4.46. The van der Waals surface area contributed by atoms with Gasteiger partial charge in [-0.2, -0.15) is 0 Å². The van der Waals surface area contributed by atoms with Crippen molar-refractivity contribution in [1.29, 1.82) is 0 Å². The number of benzene rings is 2. The molecule has 1 unspecified atom stereocenters. The van der Waals surface area contributed by atoms with Crippen molar-refractivity contribution in [2.24, 2.45) is 0 Å². The first-order valence-electron chi connectivity index (χ1n) is 7.42. The maximum absolute atomic E-state index is 6.05. The average Bonchev–Trinajstić information content (AvgIpc) is 2.47. The molecule has 0 saturated carbocycles. The second kappa shape index (κ2) is 7.98. The van der Waals surface area contributed by atoms with Gasteiger partial charge >= 0.3 is 0 Å². The second-order valence-electron chi connectivity index (χ2n) is 5.15. The Kier molecular flexibility index (Phi) is 6.28. The normalized spacial score (nSPS) is 12.4. The van der Waals surface area contributed by atoms with Crippen LogP contribution >= 0.6 is 27.5 Å². The van der Waals surface area contributed by atoms with Crippen molar-refractivity contribution in [3.05, 3.63) is 68.7 Å². The number of nitrogens with one attached hydrogen (secondary N) is 1. The van der Waals surface area contributed by atoms with Crippen LogP contribution in [0.2, 0.25) is 5.02 Å². The summed E-state index contributed by atoms with van der Waals surface area (Å²) in [4.78, 5) is 0. The Morgan fingerprint density at radius 1 is 1.10 bits per heavy atom. The summed E-state index contributed by atoms with van der Waals surface area (Å²) in [6.45, 7) is 5.25. The summed E-state index contributed by atoms with van der Waals surface area (Å²) in [5.41, 5.74) is 3.89. The van der Waals surface area contributed by atoms with Crippen LogP contribution in [0.3, 0.4) is 0 Å². The molecule has 0 radical (unpaired) electrons. The maximum atomic E-state index is 6.05. The highest BCUT2D eigenvalue weighted by Gasteiger charge is 2.16. The number of aryl methyl sites for hydroxylation is 1. The summed E-state index contributed by atoms with van der Waals surface area (Å²) in [7, 11) is 0. The van der Waals surface area contributed by atoms with Crippen LogP contribution in [0.1, 0.15) is 43.0 Å². The third kappa shape index (κ3) is 4.32. The first-order chi connectivity index (χ1) is 10.2. The fourth-order valence-corrected chi connectivity index (χ4v) is 3.42. The Hall–Kier alpha value is -0.830. The van der Waals surface area contributed by atoms with E-state index in [9.17, 15) is 0 Å². The van der Waals surface area contributed by atoms with Crippen LogP contribution < -0.4 is 5.32 Å². The Balaban J connectivity index is 2.33. The zero-order valence-corrected chi connectivity index (χ0v) is 14.8. The van der Waals surface area contributed by atoms with E-state index in [2.05, 4.69) is 65.4 Å². The fourth-order valence-electron chi connectivity index (χ4n) is 2.51. The Bertz CT molecular complexity index is 580. The molecule has 2 rings (SSSR count). The van der Waals surface area contributed by atoms with E-state index in [1.165, 1.54) is 23.1 Å². The Morgan fingerprint density at radius 2 is 1.81 bits per heavy atom. The lowest BCUT2D eigenvalue weighted by molar-refractivity contribution is 0.628. The molecule has 1 N–H and O–H groups in total. The minimum atomic E-state index is 0.178. The summed E-state index contributed by atoms with van der Waals surface area (Å²) >= 11 is 9.68. The van der Waals surface area contributed by atoms with Crippen LogP contribution in [0.5, 0.6) is 0 Å². The van der Waals surface area contributed by atoms with Gasteiger partial charge in [-0.15, -0.1) is 0 Å². The Labute approximate surface area is 140 Å². The molecule has 1 atom stereocenters. The smallest absolute Gasteiger partial charge is 0.0587 e. The Morgan fingerprint density at radius 3 is 2.38 bits per heavy atom. The van der Waals surface area contributed by atoms with Gasteiger partial charge in [0.05, 0.1) is 6.04 Å². The molecule has 112 valence electrons. The van der Waals surface area contributed by atoms with Gasteiger partial charge in [-0.05, 0) is 41.8 Å². The predicted molar refractivity (Wildman–Crippen MR) is 95.1 cm³/mol. The first kappa shape index (κ1) is 16.5. The summed E-state index contributed by atoms with van der Waals surface area (Å²) in [5.74, 6) is 0. The fraction of sp³-hybridized carbons (Fsp3) is 0.333. The summed E-state index contributed by atoms with van der Waals surface area (Å²) < 4.78 is 1.04. The number of hydrogen-bond donors (Lipinski definition) is 1. The lowest BCUT2D eigenvalue weighted by Crippen LogP contribution is -2.22. The molecule has 0 saturated heterocycles. The second-order valence-corrected chi connectivity index (χ2v) is 6.44. The number of rotatable bonds is 6. The van der Waals surface area contributed by atoms with E-state index in [0.29, 0.717) is 0 Å². The van der Waals surface area contributed by atoms with Crippen molar-refractivity contribution in [3.8, 4) is 0 Å². The summed E-state index contributed by atoms with van der Waals surface area (Å²) in [5, 5.41) is 4.30. The van der Waals surface area contributed by atoms with Gasteiger partial charge in [0.1, 0.15) is 0 Å². The molecule has 3 heteroatoms. The molecule has 2 aromatic carbocycles. The molecule has 0 heterocycles. The van der Waals surface area contributed by atoms with Crippen LogP contribution in [0.15, 0.2) is 46.9 Å². The van der Waals surface area contributed by atoms with Gasteiger partial charge in [-0.1, -0.05) is 78.1 Å². The molecular formula is C18H21BrClN. The summed E-state index contributed by atoms with van der Waals surface area (Å²) in [6, 6.07) is 15.1. The lowest BCUT2D eigenvalue weighted by Gasteiger charge is -2.21. The third-order valence-electron chi connectivity index (χ3n) is 3.53. The first-order valence-corrected chi connectivity index (χ1v) is 8.60. The number of hydrogen-bond acceptors (Lipinski definition) is 1. The van der Waals surface area contributed by atoms with E-state index in [-0.39, 0.29) is 6.04 Å². The molecule has 0 bridgehead atoms. The van der Waals surface area contributed by atoms with E-state index in [4.69, 9.17) is 11.6 Å². The maximum Gasteiger partial charge on any atom is 0.0587 e. The van der Waals surface area contributed by atoms with Crippen LogP contribution in [0.4, 0.5) is 0 Å². The van der Waals surface area contributed by atoms with E-state index < -0.39 is 0 Å². The molecule has 0 aliphatic carbocycles. The molecule has 2 aromatic rings.